The van der Waals surface area contributed by atoms with Gasteiger partial charge in [0, 0.05) is 45.3 Å². The molecule has 9 heteroatoms. The summed E-state index contributed by atoms with van der Waals surface area (Å²) in [5.74, 6) is 0.672. The molecule has 0 N–H and O–H groups in total. The van der Waals surface area contributed by atoms with Crippen LogP contribution in [0.5, 0.6) is 0 Å². The molecule has 0 fully saturated rings. The Morgan fingerprint density at radius 1 is 1.04 bits per heavy atom. The van der Waals surface area contributed by atoms with E-state index in [1.807, 2.05) is 25.2 Å². The van der Waals surface area contributed by atoms with Crippen molar-refractivity contribution in [1.82, 2.24) is 23.1 Å². The first-order chi connectivity index (χ1) is 12.9. The van der Waals surface area contributed by atoms with Crippen LogP contribution in [0.3, 0.4) is 0 Å². The smallest absolute Gasteiger partial charge is 0.332 e. The zero-order chi connectivity index (χ0) is 19.7. The van der Waals surface area contributed by atoms with Crippen molar-refractivity contribution >= 4 is 16.9 Å². The van der Waals surface area contributed by atoms with Crippen molar-refractivity contribution < 1.29 is 9.47 Å². The van der Waals surface area contributed by atoms with E-state index in [9.17, 15) is 9.59 Å². The van der Waals surface area contributed by atoms with Gasteiger partial charge in [-0.05, 0) is 27.2 Å². The average Bonchev–Trinajstić information content (AvgIpc) is 3.14. The molecule has 0 aliphatic rings. The summed E-state index contributed by atoms with van der Waals surface area (Å²) in [4.78, 5) is 30.4. The van der Waals surface area contributed by atoms with Crippen LogP contribution in [-0.4, -0.2) is 50.0 Å². The lowest BCUT2D eigenvalue weighted by molar-refractivity contribution is 0.137. The molecule has 3 aromatic heterocycles. The van der Waals surface area contributed by atoms with Crippen LogP contribution >= 0.6 is 0 Å². The molecule has 27 heavy (non-hydrogen) atoms. The third-order valence-electron chi connectivity index (χ3n) is 5.02. The van der Waals surface area contributed by atoms with Crippen LogP contribution in [0.25, 0.3) is 16.9 Å². The summed E-state index contributed by atoms with van der Waals surface area (Å²) in [6, 6.07) is 0. The van der Waals surface area contributed by atoms with Gasteiger partial charge in [0.15, 0.2) is 11.2 Å². The minimum atomic E-state index is -0.381. The Kier molecular flexibility index (Phi) is 5.52. The van der Waals surface area contributed by atoms with Crippen LogP contribution in [0.1, 0.15) is 24.7 Å². The molecule has 0 aliphatic heterocycles. The first-order valence-electron chi connectivity index (χ1n) is 9.18. The second-order valence-electron chi connectivity index (χ2n) is 6.58. The minimum absolute atomic E-state index is 0.217. The van der Waals surface area contributed by atoms with Crippen molar-refractivity contribution in [3.63, 3.8) is 0 Å². The van der Waals surface area contributed by atoms with Gasteiger partial charge in [0.2, 0.25) is 5.78 Å². The number of imidazole rings is 2. The molecule has 0 saturated carbocycles. The lowest BCUT2D eigenvalue weighted by Gasteiger charge is -2.08. The van der Waals surface area contributed by atoms with Crippen molar-refractivity contribution in [1.29, 1.82) is 0 Å². The van der Waals surface area contributed by atoms with Crippen LogP contribution in [-0.2, 0) is 29.6 Å². The molecule has 0 amide bonds. The molecule has 3 aromatic rings. The average molecular weight is 377 g/mol. The fraction of sp³-hybridized carbons (Fsp3) is 0.611. The molecule has 3 heterocycles. The lowest BCUT2D eigenvalue weighted by Crippen LogP contribution is -2.40. The highest BCUT2D eigenvalue weighted by molar-refractivity contribution is 5.76. The van der Waals surface area contributed by atoms with E-state index in [1.165, 1.54) is 9.13 Å². The third kappa shape index (κ3) is 3.10. The van der Waals surface area contributed by atoms with Crippen LogP contribution in [0.15, 0.2) is 9.59 Å². The molecule has 0 bridgehead atoms. The molecule has 9 nitrogen and oxygen atoms in total. The van der Waals surface area contributed by atoms with Crippen molar-refractivity contribution in [2.45, 2.75) is 40.3 Å². The van der Waals surface area contributed by atoms with Gasteiger partial charge in [-0.15, -0.1) is 0 Å². The monoisotopic (exact) mass is 377 g/mol. The summed E-state index contributed by atoms with van der Waals surface area (Å²) in [5.41, 5.74) is 2.10. The van der Waals surface area contributed by atoms with E-state index in [4.69, 9.17) is 9.47 Å². The third-order valence-corrected chi connectivity index (χ3v) is 5.02. The maximum atomic E-state index is 13.1. The van der Waals surface area contributed by atoms with E-state index in [-0.39, 0.29) is 17.8 Å². The summed E-state index contributed by atoms with van der Waals surface area (Å²) in [7, 11) is 3.32. The number of methoxy groups -OCH3 is 1. The Hall–Kier alpha value is -2.39. The maximum Gasteiger partial charge on any atom is 0.332 e. The summed E-state index contributed by atoms with van der Waals surface area (Å²) in [6.07, 6.45) is 0.835. The van der Waals surface area contributed by atoms with Crippen molar-refractivity contribution in [2.24, 2.45) is 7.05 Å². The quantitative estimate of drug-likeness (QED) is 0.543. The highest BCUT2D eigenvalue weighted by Crippen LogP contribution is 2.20. The number of hydrogen-bond donors (Lipinski definition) is 0. The Morgan fingerprint density at radius 2 is 1.78 bits per heavy atom. The van der Waals surface area contributed by atoms with E-state index < -0.39 is 0 Å². The Labute approximate surface area is 156 Å². The fourth-order valence-electron chi connectivity index (χ4n) is 3.45. The molecule has 0 saturated heterocycles. The number of aryl methyl sites for hydroxylation is 3. The van der Waals surface area contributed by atoms with Gasteiger partial charge < -0.3 is 14.0 Å². The highest BCUT2D eigenvalue weighted by atomic mass is 16.5. The van der Waals surface area contributed by atoms with E-state index in [1.54, 1.807) is 14.2 Å². The van der Waals surface area contributed by atoms with Gasteiger partial charge in [-0.25, -0.2) is 4.79 Å². The molecular formula is C18H27N5O4. The molecular weight excluding hydrogens is 350 g/mol. The largest absolute Gasteiger partial charge is 0.385 e. The van der Waals surface area contributed by atoms with Gasteiger partial charge in [0.25, 0.3) is 5.56 Å². The Morgan fingerprint density at radius 3 is 2.44 bits per heavy atom. The van der Waals surface area contributed by atoms with E-state index in [0.717, 1.165) is 24.4 Å². The van der Waals surface area contributed by atoms with E-state index in [2.05, 4.69) is 9.55 Å². The SMILES string of the molecule is CCOCCn1c(=O)c2c(nc3n(CCCOC)c(C)c(C)n23)n(C)c1=O. The molecule has 0 aliphatic carbocycles. The summed E-state index contributed by atoms with van der Waals surface area (Å²) in [6.45, 7) is 8.30. The van der Waals surface area contributed by atoms with Crippen LogP contribution in [0, 0.1) is 13.8 Å². The van der Waals surface area contributed by atoms with Gasteiger partial charge in [0.05, 0.1) is 13.2 Å². The molecule has 0 aromatic carbocycles. The van der Waals surface area contributed by atoms with Gasteiger partial charge in [-0.1, -0.05) is 0 Å². The van der Waals surface area contributed by atoms with Crippen LogP contribution < -0.4 is 11.2 Å². The first-order valence-corrected chi connectivity index (χ1v) is 9.18. The van der Waals surface area contributed by atoms with Crippen molar-refractivity contribution in [2.75, 3.05) is 26.9 Å². The molecule has 3 rings (SSSR count). The number of hydrogen-bond acceptors (Lipinski definition) is 5. The normalized spacial score (nSPS) is 11.9. The van der Waals surface area contributed by atoms with Crippen molar-refractivity contribution in [3.05, 3.63) is 32.2 Å². The number of nitrogens with zero attached hydrogens (tertiary/aromatic N) is 5. The summed E-state index contributed by atoms with van der Waals surface area (Å²) < 4.78 is 17.1. The van der Waals surface area contributed by atoms with E-state index in [0.29, 0.717) is 36.8 Å². The standard InChI is InChI=1S/C18H27N5O4/c1-6-27-11-9-22-16(24)14-15(20(4)18(22)25)19-17-21(8-7-10-26-5)12(2)13(3)23(14)17/h6-11H2,1-5H3. The number of aromatic nitrogens is 5. The number of fused-ring (bicyclic) bond motifs is 3. The predicted molar refractivity (Wildman–Crippen MR) is 103 cm³/mol. The van der Waals surface area contributed by atoms with E-state index >= 15 is 0 Å². The van der Waals surface area contributed by atoms with Crippen LogP contribution in [0.2, 0.25) is 0 Å². The summed E-state index contributed by atoms with van der Waals surface area (Å²) in [5, 5.41) is 0. The van der Waals surface area contributed by atoms with Gasteiger partial charge in [0.1, 0.15) is 0 Å². The topological polar surface area (TPSA) is 84.7 Å². The molecule has 0 atom stereocenters. The zero-order valence-electron chi connectivity index (χ0n) is 16.6. The maximum absolute atomic E-state index is 13.1. The van der Waals surface area contributed by atoms with Crippen molar-refractivity contribution in [3.8, 4) is 0 Å². The van der Waals surface area contributed by atoms with Gasteiger partial charge in [-0.3, -0.25) is 18.3 Å². The molecule has 0 radical (unpaired) electrons. The molecule has 148 valence electrons. The molecule has 0 spiro atoms. The Balaban J connectivity index is 2.25. The second-order valence-corrected chi connectivity index (χ2v) is 6.58. The zero-order valence-corrected chi connectivity index (χ0v) is 16.6. The Bertz CT molecular complexity index is 1090. The predicted octanol–water partition coefficient (Wildman–Crippen LogP) is 0.839. The fourth-order valence-corrected chi connectivity index (χ4v) is 3.45. The van der Waals surface area contributed by atoms with Gasteiger partial charge in [-0.2, -0.15) is 4.98 Å². The number of rotatable bonds is 8. The minimum Gasteiger partial charge on any atom is -0.385 e. The highest BCUT2D eigenvalue weighted by Gasteiger charge is 2.22. The summed E-state index contributed by atoms with van der Waals surface area (Å²) >= 11 is 0. The number of ether oxygens (including phenoxy) is 2. The molecule has 0 unspecified atom stereocenters. The van der Waals surface area contributed by atoms with Crippen LogP contribution in [0.4, 0.5) is 0 Å². The first kappa shape index (κ1) is 19.4. The van der Waals surface area contributed by atoms with Gasteiger partial charge >= 0.3 is 5.69 Å². The lowest BCUT2D eigenvalue weighted by atomic mass is 10.3. The second kappa shape index (κ2) is 7.69.